The first-order valence-electron chi connectivity index (χ1n) is 3.45. The SMILES string of the molecule is OC[C@H](O)[C@H](O)C#CC#C/C=C/Cl. The maximum atomic E-state index is 8.98. The Balaban J connectivity index is 4.04. The minimum Gasteiger partial charge on any atom is -0.394 e. The molecule has 0 aliphatic heterocycles. The van der Waals surface area contributed by atoms with E-state index in [-0.39, 0.29) is 0 Å². The van der Waals surface area contributed by atoms with Crippen LogP contribution in [0.15, 0.2) is 11.6 Å². The van der Waals surface area contributed by atoms with Crippen LogP contribution in [0.25, 0.3) is 0 Å². The van der Waals surface area contributed by atoms with Gasteiger partial charge in [0.05, 0.1) is 6.61 Å². The highest BCUT2D eigenvalue weighted by Gasteiger charge is 2.10. The Hall–Kier alpha value is -0.970. The molecule has 0 saturated heterocycles. The molecule has 0 amide bonds. The van der Waals surface area contributed by atoms with E-state index in [0.717, 1.165) is 0 Å². The number of rotatable bonds is 2. The van der Waals surface area contributed by atoms with Gasteiger partial charge in [0.25, 0.3) is 0 Å². The number of halogens is 1. The second-order valence-electron chi connectivity index (χ2n) is 2.03. The molecule has 3 N–H and O–H groups in total. The van der Waals surface area contributed by atoms with Crippen LogP contribution in [0.5, 0.6) is 0 Å². The fourth-order valence-electron chi connectivity index (χ4n) is 0.415. The zero-order valence-corrected chi connectivity index (χ0v) is 7.49. The molecule has 0 aromatic rings. The van der Waals surface area contributed by atoms with E-state index in [2.05, 4.69) is 23.7 Å². The van der Waals surface area contributed by atoms with Crippen molar-refractivity contribution in [3.05, 3.63) is 11.6 Å². The highest BCUT2D eigenvalue weighted by atomic mass is 35.5. The van der Waals surface area contributed by atoms with Crippen LogP contribution in [0.2, 0.25) is 0 Å². The Morgan fingerprint density at radius 1 is 1.31 bits per heavy atom. The highest BCUT2D eigenvalue weighted by Crippen LogP contribution is 1.88. The van der Waals surface area contributed by atoms with Crippen LogP contribution in [-0.2, 0) is 0 Å². The molecular formula is C9H9ClO3. The fraction of sp³-hybridized carbons (Fsp3) is 0.333. The van der Waals surface area contributed by atoms with Crippen LogP contribution >= 0.6 is 11.6 Å². The Kier molecular flexibility index (Phi) is 7.10. The lowest BCUT2D eigenvalue weighted by molar-refractivity contribution is 0.0139. The van der Waals surface area contributed by atoms with E-state index in [1.807, 2.05) is 0 Å². The molecule has 0 rings (SSSR count). The summed E-state index contributed by atoms with van der Waals surface area (Å²) in [6.07, 6.45) is -1.15. The largest absolute Gasteiger partial charge is 0.394 e. The van der Waals surface area contributed by atoms with Gasteiger partial charge < -0.3 is 15.3 Å². The Morgan fingerprint density at radius 3 is 2.54 bits per heavy atom. The minimum atomic E-state index is -1.28. The monoisotopic (exact) mass is 200 g/mol. The van der Waals surface area contributed by atoms with E-state index < -0.39 is 18.8 Å². The predicted octanol–water partition coefficient (Wildman–Crippen LogP) is -0.540. The van der Waals surface area contributed by atoms with Gasteiger partial charge in [0, 0.05) is 11.6 Å². The third kappa shape index (κ3) is 6.21. The van der Waals surface area contributed by atoms with E-state index >= 15 is 0 Å². The fourth-order valence-corrected chi connectivity index (χ4v) is 0.478. The summed E-state index contributed by atoms with van der Waals surface area (Å²) in [5.74, 6) is 9.35. The molecule has 70 valence electrons. The molecule has 4 heteroatoms. The maximum Gasteiger partial charge on any atom is 0.143 e. The van der Waals surface area contributed by atoms with Gasteiger partial charge in [-0.3, -0.25) is 0 Å². The van der Waals surface area contributed by atoms with E-state index in [4.69, 9.17) is 26.9 Å². The zero-order valence-electron chi connectivity index (χ0n) is 6.74. The second kappa shape index (κ2) is 7.67. The number of hydrogen-bond acceptors (Lipinski definition) is 3. The second-order valence-corrected chi connectivity index (χ2v) is 2.28. The van der Waals surface area contributed by atoms with Gasteiger partial charge in [-0.25, -0.2) is 0 Å². The van der Waals surface area contributed by atoms with Crippen molar-refractivity contribution < 1.29 is 15.3 Å². The van der Waals surface area contributed by atoms with Crippen molar-refractivity contribution in [1.29, 1.82) is 0 Å². The van der Waals surface area contributed by atoms with Crippen molar-refractivity contribution in [1.82, 2.24) is 0 Å². The summed E-state index contributed by atoms with van der Waals surface area (Å²) in [6, 6.07) is 0. The first kappa shape index (κ1) is 12.0. The van der Waals surface area contributed by atoms with Crippen LogP contribution in [0.4, 0.5) is 0 Å². The molecule has 2 atom stereocenters. The van der Waals surface area contributed by atoms with Crippen LogP contribution in [0.3, 0.4) is 0 Å². The number of allylic oxidation sites excluding steroid dienone is 1. The molecule has 0 aliphatic carbocycles. The summed E-state index contributed by atoms with van der Waals surface area (Å²) in [6.45, 7) is -0.537. The molecule has 0 fully saturated rings. The van der Waals surface area contributed by atoms with Crippen molar-refractivity contribution in [3.63, 3.8) is 0 Å². The molecule has 0 aromatic heterocycles. The summed E-state index contributed by atoms with van der Waals surface area (Å²) >= 11 is 5.16. The Morgan fingerprint density at radius 2 is 2.00 bits per heavy atom. The molecule has 13 heavy (non-hydrogen) atoms. The molecule has 3 nitrogen and oxygen atoms in total. The summed E-state index contributed by atoms with van der Waals surface area (Å²) in [4.78, 5) is 0. The average molecular weight is 201 g/mol. The van der Waals surface area contributed by atoms with E-state index in [1.165, 1.54) is 11.6 Å². The van der Waals surface area contributed by atoms with Gasteiger partial charge in [-0.1, -0.05) is 23.4 Å². The van der Waals surface area contributed by atoms with Crippen molar-refractivity contribution in [2.75, 3.05) is 6.61 Å². The number of aliphatic hydroxyl groups is 3. The van der Waals surface area contributed by atoms with Crippen molar-refractivity contribution in [3.8, 4) is 23.7 Å². The summed E-state index contributed by atoms with van der Waals surface area (Å²) in [5, 5.41) is 26.2. The van der Waals surface area contributed by atoms with Gasteiger partial charge in [-0.2, -0.15) is 0 Å². The average Bonchev–Trinajstić information content (AvgIpc) is 2.16. The van der Waals surface area contributed by atoms with Crippen molar-refractivity contribution >= 4 is 11.6 Å². The normalized spacial score (nSPS) is 13.8. The smallest absolute Gasteiger partial charge is 0.143 e. The standard InChI is InChI=1S/C9H9ClO3/c10-6-4-2-1-3-5-8(12)9(13)7-11/h4,6,8-9,11-13H,7H2/b6-4+/t8-,9+/m1/s1. The van der Waals surface area contributed by atoms with Gasteiger partial charge in [-0.05, 0) is 11.8 Å². The summed E-state index contributed by atoms with van der Waals surface area (Å²) in [5.41, 5.74) is 1.23. The minimum absolute atomic E-state index is 0.537. The lowest BCUT2D eigenvalue weighted by Gasteiger charge is -2.07. The molecule has 0 aromatic carbocycles. The van der Waals surface area contributed by atoms with E-state index in [1.54, 1.807) is 0 Å². The lowest BCUT2D eigenvalue weighted by atomic mass is 10.2. The molecule has 0 heterocycles. The molecule has 0 saturated carbocycles. The van der Waals surface area contributed by atoms with Crippen LogP contribution in [0, 0.1) is 23.7 Å². The molecular weight excluding hydrogens is 192 g/mol. The maximum absolute atomic E-state index is 8.98. The van der Waals surface area contributed by atoms with Gasteiger partial charge in [0.1, 0.15) is 12.2 Å². The molecule has 0 unspecified atom stereocenters. The van der Waals surface area contributed by atoms with Crippen LogP contribution in [-0.4, -0.2) is 34.1 Å². The lowest BCUT2D eigenvalue weighted by Crippen LogP contribution is -2.27. The number of aliphatic hydroxyl groups excluding tert-OH is 3. The first-order chi connectivity index (χ1) is 6.22. The summed E-state index contributed by atoms with van der Waals surface area (Å²) in [7, 11) is 0. The molecule has 0 aliphatic rings. The Labute approximate surface area is 81.7 Å². The van der Waals surface area contributed by atoms with Crippen molar-refractivity contribution in [2.24, 2.45) is 0 Å². The molecule has 0 radical (unpaired) electrons. The topological polar surface area (TPSA) is 60.7 Å². The third-order valence-corrected chi connectivity index (χ3v) is 1.18. The zero-order chi connectivity index (χ0) is 10.1. The van der Waals surface area contributed by atoms with Gasteiger partial charge in [0.15, 0.2) is 0 Å². The quantitative estimate of drug-likeness (QED) is 0.525. The van der Waals surface area contributed by atoms with Crippen molar-refractivity contribution in [2.45, 2.75) is 12.2 Å². The Bertz CT molecular complexity index is 277. The van der Waals surface area contributed by atoms with Gasteiger partial charge in [0.2, 0.25) is 0 Å². The highest BCUT2D eigenvalue weighted by molar-refractivity contribution is 6.25. The third-order valence-electron chi connectivity index (χ3n) is 1.05. The van der Waals surface area contributed by atoms with Crippen LogP contribution < -0.4 is 0 Å². The van der Waals surface area contributed by atoms with E-state index in [0.29, 0.717) is 0 Å². The van der Waals surface area contributed by atoms with Gasteiger partial charge >= 0.3 is 0 Å². The molecule has 0 bridgehead atoms. The molecule has 0 spiro atoms. The predicted molar refractivity (Wildman–Crippen MR) is 49.6 cm³/mol. The van der Waals surface area contributed by atoms with E-state index in [9.17, 15) is 0 Å². The first-order valence-corrected chi connectivity index (χ1v) is 3.89. The number of hydrogen-bond donors (Lipinski definition) is 3. The summed E-state index contributed by atoms with van der Waals surface area (Å²) < 4.78 is 0. The van der Waals surface area contributed by atoms with Crippen LogP contribution in [0.1, 0.15) is 0 Å². The van der Waals surface area contributed by atoms with Gasteiger partial charge in [-0.15, -0.1) is 0 Å².